The van der Waals surface area contributed by atoms with Gasteiger partial charge in [0.25, 0.3) is 0 Å². The molecule has 0 atom stereocenters. The molecule has 0 aliphatic rings. The summed E-state index contributed by atoms with van der Waals surface area (Å²) in [5.41, 5.74) is 0. The molecule has 0 aromatic carbocycles. The van der Waals surface area contributed by atoms with Crippen molar-refractivity contribution in [2.24, 2.45) is 0 Å². The largest absolute Gasteiger partial charge is 0.465 e. The fourth-order valence-corrected chi connectivity index (χ4v) is 1.25. The van der Waals surface area contributed by atoms with Crippen LogP contribution in [0.15, 0.2) is 0 Å². The first kappa shape index (κ1) is 21.0. The topological polar surface area (TPSA) is 52.6 Å². The lowest BCUT2D eigenvalue weighted by Crippen LogP contribution is -2.38. The number of carbonyl (C=O) groups is 2. The quantitative estimate of drug-likeness (QED) is 0.336. The van der Waals surface area contributed by atoms with Crippen LogP contribution in [0.3, 0.4) is 0 Å². The molecule has 8 radical (unpaired) electrons. The van der Waals surface area contributed by atoms with Gasteiger partial charge in [-0.05, 0) is 20.1 Å². The van der Waals surface area contributed by atoms with Crippen molar-refractivity contribution in [3.63, 3.8) is 0 Å². The normalized spacial score (nSPS) is 9.05. The Morgan fingerprint density at radius 3 is 1.47 bits per heavy atom. The smallest absolute Gasteiger partial charge is 0.330 e. The van der Waals surface area contributed by atoms with Gasteiger partial charge in [-0.2, -0.15) is 0 Å². The van der Waals surface area contributed by atoms with Crippen molar-refractivity contribution >= 4 is 67.4 Å². The number of thioether (sulfide) groups is 1. The molecule has 0 fully saturated rings. The Balaban J connectivity index is 0. The molecule has 4 nitrogen and oxygen atoms in total. The van der Waals surface area contributed by atoms with Gasteiger partial charge in [0.05, 0.1) is 13.2 Å². The van der Waals surface area contributed by atoms with Crippen LogP contribution in [-0.2, 0) is 19.1 Å². The number of hydrogen-bond donors (Lipinski definition) is 0. The van der Waals surface area contributed by atoms with Crippen molar-refractivity contribution in [2.45, 2.75) is 19.1 Å². The van der Waals surface area contributed by atoms with E-state index < -0.39 is 30.0 Å². The summed E-state index contributed by atoms with van der Waals surface area (Å²) in [5.74, 6) is -1.07. The molecular weight excluding hydrogens is 257 g/mol. The van der Waals surface area contributed by atoms with Crippen molar-refractivity contribution in [1.82, 2.24) is 0 Å². The SMILES string of the molecule is CCOC(=O)C(SC)C(=O)OCC.[B]B([B])B([B])[B]. The molecule has 0 N–H and O–H groups in total. The highest BCUT2D eigenvalue weighted by molar-refractivity contribution is 8.00. The molecule has 0 saturated heterocycles. The molecule has 0 bridgehead atoms. The maximum absolute atomic E-state index is 11.1. The van der Waals surface area contributed by atoms with Gasteiger partial charge in [-0.3, -0.25) is 9.59 Å². The first-order valence-corrected chi connectivity index (χ1v) is 6.98. The molecule has 0 aromatic rings. The van der Waals surface area contributed by atoms with Crippen LogP contribution < -0.4 is 0 Å². The second-order valence-corrected chi connectivity index (χ2v) is 4.22. The third kappa shape index (κ3) is 11.2. The minimum atomic E-state index is -0.847. The van der Waals surface area contributed by atoms with Crippen LogP contribution in [-0.4, -0.2) is 80.4 Å². The second kappa shape index (κ2) is 12.7. The Kier molecular flexibility index (Phi) is 14.0. The van der Waals surface area contributed by atoms with Crippen LogP contribution in [0.5, 0.6) is 0 Å². The lowest BCUT2D eigenvalue weighted by atomic mass is 8.81. The van der Waals surface area contributed by atoms with Crippen molar-refractivity contribution < 1.29 is 19.1 Å². The fourth-order valence-electron chi connectivity index (χ4n) is 0.725. The number of ether oxygens (including phenoxy) is 2. The van der Waals surface area contributed by atoms with Gasteiger partial charge in [-0.15, -0.1) is 11.8 Å². The zero-order valence-corrected chi connectivity index (χ0v) is 12.3. The van der Waals surface area contributed by atoms with E-state index in [2.05, 4.69) is 0 Å². The highest BCUT2D eigenvalue weighted by atomic mass is 32.2. The molecule has 11 heteroatoms. The Hall–Kier alpha value is -0.320. The molecule has 19 heavy (non-hydrogen) atoms. The first-order chi connectivity index (χ1) is 8.81. The van der Waals surface area contributed by atoms with E-state index in [0.717, 1.165) is 11.8 Å². The van der Waals surface area contributed by atoms with E-state index in [1.807, 2.05) is 0 Å². The highest BCUT2D eigenvalue weighted by Crippen LogP contribution is 2.10. The van der Waals surface area contributed by atoms with E-state index in [4.69, 9.17) is 40.4 Å². The summed E-state index contributed by atoms with van der Waals surface area (Å²) in [6, 6.07) is 0. The van der Waals surface area contributed by atoms with Gasteiger partial charge < -0.3 is 9.47 Å². The van der Waals surface area contributed by atoms with Crippen LogP contribution >= 0.6 is 11.8 Å². The summed E-state index contributed by atoms with van der Waals surface area (Å²) in [5, 5.41) is -0.847. The van der Waals surface area contributed by atoms with E-state index in [0.29, 0.717) is 0 Å². The predicted octanol–water partition coefficient (Wildman–Crippen LogP) is -1.44. The van der Waals surface area contributed by atoms with Crippen molar-refractivity contribution in [3.8, 4) is 0 Å². The van der Waals surface area contributed by atoms with Gasteiger partial charge in [0, 0.05) is 43.7 Å². The summed E-state index contributed by atoms with van der Waals surface area (Å²) in [7, 11) is 19.9. The summed E-state index contributed by atoms with van der Waals surface area (Å²) in [4.78, 5) is 22.3. The zero-order valence-electron chi connectivity index (χ0n) is 11.5. The predicted molar refractivity (Wildman–Crippen MR) is 85.1 cm³/mol. The van der Waals surface area contributed by atoms with Crippen LogP contribution in [0.25, 0.3) is 0 Å². The van der Waals surface area contributed by atoms with E-state index in [9.17, 15) is 9.59 Å². The minimum absolute atomic E-state index is 0.273. The monoisotopic (exact) mass is 272 g/mol. The van der Waals surface area contributed by atoms with Crippen molar-refractivity contribution in [3.05, 3.63) is 0 Å². The number of esters is 2. The van der Waals surface area contributed by atoms with Gasteiger partial charge in [-0.25, -0.2) is 0 Å². The number of rotatable bonds is 6. The van der Waals surface area contributed by atoms with Gasteiger partial charge in [0.2, 0.25) is 0 Å². The summed E-state index contributed by atoms with van der Waals surface area (Å²) < 4.78 is 9.40. The Morgan fingerprint density at radius 2 is 1.32 bits per heavy atom. The van der Waals surface area contributed by atoms with Crippen molar-refractivity contribution in [1.29, 1.82) is 0 Å². The standard InChI is InChI=1S/C8H14O4S.B6/c1-4-11-7(9)6(13-3)8(10)12-5-2;1-5(2)6(3)4/h6H,4-5H2,1-3H3;. The van der Waals surface area contributed by atoms with Gasteiger partial charge >= 0.3 is 11.9 Å². The Morgan fingerprint density at radius 1 is 1.00 bits per heavy atom. The van der Waals surface area contributed by atoms with Crippen LogP contribution in [0.4, 0.5) is 0 Å². The molecule has 0 heterocycles. The van der Waals surface area contributed by atoms with Gasteiger partial charge in [0.1, 0.15) is 0 Å². The highest BCUT2D eigenvalue weighted by Gasteiger charge is 2.28. The number of hydrogen-bond acceptors (Lipinski definition) is 5. The lowest BCUT2D eigenvalue weighted by Gasteiger charge is -2.11. The average molecular weight is 271 g/mol. The maximum Gasteiger partial charge on any atom is 0.330 e. The molecular formula is C8H14B6O4S. The minimum Gasteiger partial charge on any atom is -0.465 e. The molecule has 0 amide bonds. The fraction of sp³-hybridized carbons (Fsp3) is 0.750. The number of carbonyl (C=O) groups excluding carboxylic acids is 2. The van der Waals surface area contributed by atoms with E-state index in [1.54, 1.807) is 20.1 Å². The second-order valence-electron chi connectivity index (χ2n) is 3.27. The molecule has 0 unspecified atom stereocenters. The van der Waals surface area contributed by atoms with Crippen LogP contribution in [0, 0.1) is 0 Å². The van der Waals surface area contributed by atoms with Crippen molar-refractivity contribution in [2.75, 3.05) is 19.5 Å². The molecule has 0 aliphatic heterocycles. The van der Waals surface area contributed by atoms with Crippen LogP contribution in [0.1, 0.15) is 13.8 Å². The molecule has 0 aliphatic carbocycles. The molecule has 0 aromatic heterocycles. The summed E-state index contributed by atoms with van der Waals surface area (Å²) >= 11 is 1.12. The molecule has 0 rings (SSSR count). The third-order valence-electron chi connectivity index (χ3n) is 1.68. The Bertz CT molecular complexity index is 242. The summed E-state index contributed by atoms with van der Waals surface area (Å²) in [6.45, 7) is 3.94. The third-order valence-corrected chi connectivity index (χ3v) is 2.54. The lowest BCUT2D eigenvalue weighted by molar-refractivity contribution is -0.152. The zero-order chi connectivity index (χ0) is 15.4. The first-order valence-electron chi connectivity index (χ1n) is 5.70. The average Bonchev–Trinajstić information content (AvgIpc) is 2.31. The summed E-state index contributed by atoms with van der Waals surface area (Å²) in [6.07, 6.45) is 0.480. The van der Waals surface area contributed by atoms with Gasteiger partial charge in [-0.1, -0.05) is 0 Å². The maximum atomic E-state index is 11.1. The van der Waals surface area contributed by atoms with E-state index >= 15 is 0 Å². The molecule has 94 valence electrons. The molecule has 0 saturated carbocycles. The molecule has 0 spiro atoms. The van der Waals surface area contributed by atoms with Gasteiger partial charge in [0.15, 0.2) is 5.25 Å². The van der Waals surface area contributed by atoms with E-state index in [1.165, 1.54) is 0 Å². The Labute approximate surface area is 125 Å². The van der Waals surface area contributed by atoms with E-state index in [-0.39, 0.29) is 13.2 Å². The van der Waals surface area contributed by atoms with Crippen LogP contribution in [0.2, 0.25) is 0 Å².